The first-order valence-electron chi connectivity index (χ1n) is 4.68. The van der Waals surface area contributed by atoms with Crippen LogP contribution in [0.4, 0.5) is 0 Å². The quantitative estimate of drug-likeness (QED) is 0.607. The molecular formula is C13H42N2. The minimum Gasteiger partial charge on any atom is -0.312 e. The van der Waals surface area contributed by atoms with Gasteiger partial charge in [0.1, 0.15) is 0 Å². The van der Waals surface area contributed by atoms with Gasteiger partial charge >= 0.3 is 0 Å². The molecule has 15 heavy (non-hydrogen) atoms. The van der Waals surface area contributed by atoms with Gasteiger partial charge in [-0.3, -0.25) is 0 Å². The van der Waals surface area contributed by atoms with E-state index in [2.05, 4.69) is 0 Å². The van der Waals surface area contributed by atoms with Crippen molar-refractivity contribution in [3.63, 3.8) is 0 Å². The van der Waals surface area contributed by atoms with Gasteiger partial charge in [-0.15, -0.1) is 0 Å². The molecule has 104 valence electrons. The first-order chi connectivity index (χ1) is 5.46. The van der Waals surface area contributed by atoms with Crippen LogP contribution in [-0.4, -0.2) is 52.1 Å². The molecule has 2 heteroatoms. The third-order valence-corrected chi connectivity index (χ3v) is 0. The first-order valence-corrected chi connectivity index (χ1v) is 4.68. The van der Waals surface area contributed by atoms with Crippen LogP contribution in [0.5, 0.6) is 0 Å². The smallest absolute Gasteiger partial charge is 0.0140 e. The van der Waals surface area contributed by atoms with Gasteiger partial charge in [0.2, 0.25) is 0 Å². The zero-order valence-corrected chi connectivity index (χ0v) is 10.9. The maximum atomic E-state index is 2.00. The molecule has 0 aromatic carbocycles. The van der Waals surface area contributed by atoms with Gasteiger partial charge in [-0.2, -0.15) is 0 Å². The lowest BCUT2D eigenvalue weighted by molar-refractivity contribution is 0.505. The second-order valence-electron chi connectivity index (χ2n) is 2.68. The number of rotatable bonds is 0. The first kappa shape index (κ1) is 46.1. The summed E-state index contributed by atoms with van der Waals surface area (Å²) >= 11 is 0. The van der Waals surface area contributed by atoms with Gasteiger partial charge in [-0.1, -0.05) is 50.0 Å². The maximum absolute atomic E-state index is 2.00. The van der Waals surface area contributed by atoms with Crippen LogP contribution in [0.15, 0.2) is 0 Å². The molecule has 0 spiro atoms. The second kappa shape index (κ2) is 66.3. The Hall–Kier alpha value is -0.0800. The van der Waals surface area contributed by atoms with E-state index in [0.29, 0.717) is 0 Å². The Morgan fingerprint density at radius 2 is 0.400 bits per heavy atom. The SMILES string of the molecule is C.C.C.CC.CC.CN(C)C.CN(C)C. The molecule has 0 amide bonds. The van der Waals surface area contributed by atoms with E-state index in [1.165, 1.54) is 0 Å². The fraction of sp³-hybridized carbons (Fsp3) is 1.00. The summed E-state index contributed by atoms with van der Waals surface area (Å²) < 4.78 is 0. The summed E-state index contributed by atoms with van der Waals surface area (Å²) in [6.45, 7) is 8.00. The zero-order valence-electron chi connectivity index (χ0n) is 10.9. The summed E-state index contributed by atoms with van der Waals surface area (Å²) in [6.07, 6.45) is 0. The molecule has 0 radical (unpaired) electrons. The summed E-state index contributed by atoms with van der Waals surface area (Å²) in [5, 5.41) is 0. The second-order valence-corrected chi connectivity index (χ2v) is 2.68. The summed E-state index contributed by atoms with van der Waals surface area (Å²) in [5.41, 5.74) is 0. The highest BCUT2D eigenvalue weighted by Gasteiger charge is 1.58. The van der Waals surface area contributed by atoms with Crippen LogP contribution in [-0.2, 0) is 0 Å². The van der Waals surface area contributed by atoms with Gasteiger partial charge in [0.15, 0.2) is 0 Å². The van der Waals surface area contributed by atoms with E-state index in [1.54, 1.807) is 0 Å². The summed E-state index contributed by atoms with van der Waals surface area (Å²) in [7, 11) is 12.0. The minimum atomic E-state index is 0. The fourth-order valence-electron chi connectivity index (χ4n) is 0. The van der Waals surface area contributed by atoms with Gasteiger partial charge in [-0.25, -0.2) is 0 Å². The highest BCUT2D eigenvalue weighted by Crippen LogP contribution is 1.48. The van der Waals surface area contributed by atoms with E-state index in [4.69, 9.17) is 0 Å². The van der Waals surface area contributed by atoms with Crippen LogP contribution in [0.1, 0.15) is 50.0 Å². The maximum Gasteiger partial charge on any atom is -0.0140 e. The standard InChI is InChI=1S/2C3H9N.2C2H6.3CH4/c2*1-4(2)3;2*1-2;;;/h2*1-3H3;2*1-2H3;3*1H4. The molecule has 0 bridgehead atoms. The molecule has 0 aromatic heterocycles. The van der Waals surface area contributed by atoms with Gasteiger partial charge in [0.25, 0.3) is 0 Å². The van der Waals surface area contributed by atoms with Crippen LogP contribution in [0, 0.1) is 0 Å². The highest BCUT2D eigenvalue weighted by molar-refractivity contribution is 4.09. The van der Waals surface area contributed by atoms with Gasteiger partial charge in [0, 0.05) is 0 Å². The Morgan fingerprint density at radius 3 is 0.400 bits per heavy atom. The average Bonchev–Trinajstić information content (AvgIpc) is 1.93. The minimum absolute atomic E-state index is 0. The molecule has 0 saturated carbocycles. The van der Waals surface area contributed by atoms with E-state index in [0.717, 1.165) is 0 Å². The Labute approximate surface area is 103 Å². The van der Waals surface area contributed by atoms with Crippen molar-refractivity contribution >= 4 is 0 Å². The normalized spacial score (nSPS) is 5.60. The molecule has 0 aliphatic carbocycles. The van der Waals surface area contributed by atoms with Gasteiger partial charge in [-0.05, 0) is 42.3 Å². The molecule has 0 unspecified atom stereocenters. The van der Waals surface area contributed by atoms with Crippen LogP contribution in [0.2, 0.25) is 0 Å². The topological polar surface area (TPSA) is 6.48 Å². The molecule has 0 aliphatic rings. The molecule has 0 aliphatic heterocycles. The third kappa shape index (κ3) is 309000. The number of hydrogen-bond donors (Lipinski definition) is 0. The Kier molecular flexibility index (Phi) is 204. The van der Waals surface area contributed by atoms with Crippen LogP contribution in [0.25, 0.3) is 0 Å². The lowest BCUT2D eigenvalue weighted by atomic mass is 11.0. The molecule has 0 N–H and O–H groups in total. The third-order valence-electron chi connectivity index (χ3n) is 0. The van der Waals surface area contributed by atoms with Crippen molar-refractivity contribution in [2.75, 3.05) is 42.3 Å². The van der Waals surface area contributed by atoms with Crippen LogP contribution < -0.4 is 0 Å². The molecular weight excluding hydrogens is 184 g/mol. The van der Waals surface area contributed by atoms with E-state index in [1.807, 2.05) is 79.8 Å². The summed E-state index contributed by atoms with van der Waals surface area (Å²) in [6, 6.07) is 0. The van der Waals surface area contributed by atoms with E-state index in [9.17, 15) is 0 Å². The Bertz CT molecular complexity index is 24.0. The lowest BCUT2D eigenvalue weighted by Crippen LogP contribution is -1.99. The largest absolute Gasteiger partial charge is 0.312 e. The van der Waals surface area contributed by atoms with E-state index in [-0.39, 0.29) is 22.3 Å². The summed E-state index contributed by atoms with van der Waals surface area (Å²) in [4.78, 5) is 4.00. The van der Waals surface area contributed by atoms with Crippen LogP contribution in [0.3, 0.4) is 0 Å². The summed E-state index contributed by atoms with van der Waals surface area (Å²) in [5.74, 6) is 0. The van der Waals surface area contributed by atoms with Crippen molar-refractivity contribution in [3.05, 3.63) is 0 Å². The Morgan fingerprint density at radius 1 is 0.400 bits per heavy atom. The van der Waals surface area contributed by atoms with Crippen molar-refractivity contribution in [1.82, 2.24) is 9.80 Å². The fourth-order valence-corrected chi connectivity index (χ4v) is 0. The average molecular weight is 226 g/mol. The van der Waals surface area contributed by atoms with Crippen molar-refractivity contribution in [2.45, 2.75) is 50.0 Å². The monoisotopic (exact) mass is 226 g/mol. The molecule has 0 heterocycles. The van der Waals surface area contributed by atoms with Crippen LogP contribution >= 0.6 is 0 Å². The molecule has 2 nitrogen and oxygen atoms in total. The van der Waals surface area contributed by atoms with Crippen molar-refractivity contribution in [1.29, 1.82) is 0 Å². The van der Waals surface area contributed by atoms with Crippen molar-refractivity contribution < 1.29 is 0 Å². The molecule has 0 saturated heterocycles. The van der Waals surface area contributed by atoms with Crippen molar-refractivity contribution in [2.24, 2.45) is 0 Å². The predicted molar refractivity (Wildman–Crippen MR) is 82.1 cm³/mol. The zero-order chi connectivity index (χ0) is 11.2. The molecule has 0 fully saturated rings. The lowest BCUT2D eigenvalue weighted by Gasteiger charge is -1.90. The van der Waals surface area contributed by atoms with E-state index < -0.39 is 0 Å². The van der Waals surface area contributed by atoms with E-state index >= 15 is 0 Å². The number of hydrogen-bond acceptors (Lipinski definition) is 2. The van der Waals surface area contributed by atoms with Gasteiger partial charge < -0.3 is 9.80 Å². The molecule has 0 atom stereocenters. The molecule has 0 aromatic rings. The molecule has 0 rings (SSSR count). The number of nitrogens with zero attached hydrogens (tertiary/aromatic N) is 2. The highest BCUT2D eigenvalue weighted by atomic mass is 15.0. The Balaban J connectivity index is -0.0000000112. The predicted octanol–water partition coefficient (Wildman–Crippen LogP) is 4.32. The van der Waals surface area contributed by atoms with Gasteiger partial charge in [0.05, 0.1) is 0 Å². The van der Waals surface area contributed by atoms with Crippen molar-refractivity contribution in [3.8, 4) is 0 Å².